The first-order chi connectivity index (χ1) is 8.20. The van der Waals surface area contributed by atoms with Gasteiger partial charge in [-0.2, -0.15) is 0 Å². The fraction of sp³-hybridized carbons (Fsp3) is 0.308. The van der Waals surface area contributed by atoms with Crippen molar-refractivity contribution in [1.29, 1.82) is 0 Å². The molecule has 0 aliphatic carbocycles. The van der Waals surface area contributed by atoms with E-state index in [4.69, 9.17) is 9.84 Å². The highest BCUT2D eigenvalue weighted by molar-refractivity contribution is 5.74. The Morgan fingerprint density at radius 3 is 3.00 bits per heavy atom. The van der Waals surface area contributed by atoms with Gasteiger partial charge < -0.3 is 14.7 Å². The van der Waals surface area contributed by atoms with Gasteiger partial charge in [0.1, 0.15) is 5.75 Å². The number of hydrogen-bond acceptors (Lipinski definition) is 2. The first-order valence-corrected chi connectivity index (χ1v) is 5.52. The summed E-state index contributed by atoms with van der Waals surface area (Å²) in [6, 6.07) is 7.69. The van der Waals surface area contributed by atoms with Crippen LogP contribution in [0.2, 0.25) is 0 Å². The van der Waals surface area contributed by atoms with Gasteiger partial charge in [0, 0.05) is 13.1 Å². The minimum Gasteiger partial charge on any atom is -0.497 e. The molecule has 17 heavy (non-hydrogen) atoms. The van der Waals surface area contributed by atoms with Gasteiger partial charge in [-0.1, -0.05) is 18.2 Å². The molecule has 1 aromatic rings. The van der Waals surface area contributed by atoms with Crippen LogP contribution in [0, 0.1) is 0 Å². The SMILES string of the molecule is COc1cccc(C2=CCCN(C(=O)O)C2)c1. The average Bonchev–Trinajstić information content (AvgIpc) is 2.39. The molecule has 0 aromatic heterocycles. The van der Waals surface area contributed by atoms with E-state index < -0.39 is 6.09 Å². The van der Waals surface area contributed by atoms with Gasteiger partial charge in [-0.15, -0.1) is 0 Å². The Morgan fingerprint density at radius 1 is 1.47 bits per heavy atom. The summed E-state index contributed by atoms with van der Waals surface area (Å²) in [5.41, 5.74) is 2.06. The number of benzene rings is 1. The second-order valence-corrected chi connectivity index (χ2v) is 3.95. The summed E-state index contributed by atoms with van der Waals surface area (Å²) in [5, 5.41) is 8.98. The molecular formula is C13H15NO3. The van der Waals surface area contributed by atoms with E-state index in [9.17, 15) is 4.79 Å². The number of rotatable bonds is 2. The van der Waals surface area contributed by atoms with E-state index >= 15 is 0 Å². The van der Waals surface area contributed by atoms with Gasteiger partial charge in [0.25, 0.3) is 0 Å². The van der Waals surface area contributed by atoms with E-state index in [-0.39, 0.29) is 0 Å². The molecule has 1 aliphatic heterocycles. The van der Waals surface area contributed by atoms with Gasteiger partial charge in [-0.3, -0.25) is 0 Å². The zero-order chi connectivity index (χ0) is 12.3. The molecule has 0 saturated carbocycles. The summed E-state index contributed by atoms with van der Waals surface area (Å²) in [6.07, 6.45) is 1.99. The summed E-state index contributed by atoms with van der Waals surface area (Å²) in [7, 11) is 1.62. The van der Waals surface area contributed by atoms with Crippen LogP contribution in [0.3, 0.4) is 0 Å². The van der Waals surface area contributed by atoms with Gasteiger partial charge in [0.15, 0.2) is 0 Å². The maximum atomic E-state index is 10.9. The van der Waals surface area contributed by atoms with E-state index in [1.54, 1.807) is 7.11 Å². The quantitative estimate of drug-likeness (QED) is 0.853. The number of carbonyl (C=O) groups is 1. The predicted molar refractivity (Wildman–Crippen MR) is 65.2 cm³/mol. The molecule has 1 amide bonds. The minimum absolute atomic E-state index is 0.447. The second-order valence-electron chi connectivity index (χ2n) is 3.95. The molecule has 0 unspecified atom stereocenters. The summed E-state index contributed by atoms with van der Waals surface area (Å²) in [6.45, 7) is 1.02. The van der Waals surface area contributed by atoms with Crippen LogP contribution in [-0.4, -0.2) is 36.3 Å². The Hall–Kier alpha value is -1.97. The van der Waals surface area contributed by atoms with Gasteiger partial charge in [-0.25, -0.2) is 4.79 Å². The molecule has 1 aromatic carbocycles. The molecule has 4 nitrogen and oxygen atoms in total. The molecule has 2 rings (SSSR count). The Bertz CT molecular complexity index is 454. The Labute approximate surface area is 100 Å². The zero-order valence-corrected chi connectivity index (χ0v) is 9.72. The summed E-state index contributed by atoms with van der Waals surface area (Å²) in [4.78, 5) is 12.4. The second kappa shape index (κ2) is 4.91. The normalized spacial score (nSPS) is 15.4. The van der Waals surface area contributed by atoms with Crippen molar-refractivity contribution < 1.29 is 14.6 Å². The van der Waals surface area contributed by atoms with Crippen LogP contribution < -0.4 is 4.74 Å². The molecule has 0 atom stereocenters. The number of ether oxygens (including phenoxy) is 1. The zero-order valence-electron chi connectivity index (χ0n) is 9.72. The monoisotopic (exact) mass is 233 g/mol. The largest absolute Gasteiger partial charge is 0.497 e. The molecule has 1 N–H and O–H groups in total. The van der Waals surface area contributed by atoms with Gasteiger partial charge in [0.05, 0.1) is 7.11 Å². The number of nitrogens with zero attached hydrogens (tertiary/aromatic N) is 1. The fourth-order valence-corrected chi connectivity index (χ4v) is 1.94. The summed E-state index contributed by atoms with van der Waals surface area (Å²) < 4.78 is 5.16. The molecule has 4 heteroatoms. The first kappa shape index (κ1) is 11.5. The van der Waals surface area contributed by atoms with Crippen molar-refractivity contribution in [2.45, 2.75) is 6.42 Å². The van der Waals surface area contributed by atoms with Gasteiger partial charge in [-0.05, 0) is 29.7 Å². The van der Waals surface area contributed by atoms with Crippen LogP contribution in [0.1, 0.15) is 12.0 Å². The minimum atomic E-state index is -0.863. The van der Waals surface area contributed by atoms with Crippen molar-refractivity contribution in [2.24, 2.45) is 0 Å². The smallest absolute Gasteiger partial charge is 0.407 e. The van der Waals surface area contributed by atoms with Crippen LogP contribution >= 0.6 is 0 Å². The van der Waals surface area contributed by atoms with Crippen molar-refractivity contribution in [3.05, 3.63) is 35.9 Å². The molecule has 0 saturated heterocycles. The Morgan fingerprint density at radius 2 is 2.29 bits per heavy atom. The van der Waals surface area contributed by atoms with Gasteiger partial charge >= 0.3 is 6.09 Å². The topological polar surface area (TPSA) is 49.8 Å². The highest BCUT2D eigenvalue weighted by Gasteiger charge is 2.17. The molecule has 1 heterocycles. The van der Waals surface area contributed by atoms with E-state index in [0.717, 1.165) is 23.3 Å². The number of carboxylic acid groups (broad SMARTS) is 1. The van der Waals surface area contributed by atoms with Crippen LogP contribution in [0.15, 0.2) is 30.3 Å². The summed E-state index contributed by atoms with van der Waals surface area (Å²) >= 11 is 0. The number of hydrogen-bond donors (Lipinski definition) is 1. The lowest BCUT2D eigenvalue weighted by Gasteiger charge is -2.24. The molecular weight excluding hydrogens is 218 g/mol. The third kappa shape index (κ3) is 2.58. The maximum Gasteiger partial charge on any atom is 0.407 e. The Kier molecular flexibility index (Phi) is 3.32. The van der Waals surface area contributed by atoms with Crippen LogP contribution in [0.25, 0.3) is 5.57 Å². The van der Waals surface area contributed by atoms with Gasteiger partial charge in [0.2, 0.25) is 0 Å². The fourth-order valence-electron chi connectivity index (χ4n) is 1.94. The first-order valence-electron chi connectivity index (χ1n) is 5.52. The molecule has 90 valence electrons. The van der Waals surface area contributed by atoms with Crippen LogP contribution in [0.4, 0.5) is 4.79 Å². The number of amides is 1. The lowest BCUT2D eigenvalue weighted by molar-refractivity contribution is 0.150. The van der Waals surface area contributed by atoms with Crippen molar-refractivity contribution in [1.82, 2.24) is 4.90 Å². The van der Waals surface area contributed by atoms with Crippen molar-refractivity contribution >= 4 is 11.7 Å². The third-order valence-corrected chi connectivity index (χ3v) is 2.86. The van der Waals surface area contributed by atoms with E-state index in [0.29, 0.717) is 13.1 Å². The van der Waals surface area contributed by atoms with E-state index in [1.165, 1.54) is 4.90 Å². The lowest BCUT2D eigenvalue weighted by atomic mass is 10.0. The maximum absolute atomic E-state index is 10.9. The van der Waals surface area contributed by atoms with Crippen molar-refractivity contribution in [3.63, 3.8) is 0 Å². The molecule has 1 aliphatic rings. The highest BCUT2D eigenvalue weighted by Crippen LogP contribution is 2.24. The molecule has 0 bridgehead atoms. The number of methoxy groups -OCH3 is 1. The average molecular weight is 233 g/mol. The third-order valence-electron chi connectivity index (χ3n) is 2.86. The predicted octanol–water partition coefficient (Wildman–Crippen LogP) is 2.46. The molecule has 0 fully saturated rings. The van der Waals surface area contributed by atoms with E-state index in [1.807, 2.05) is 24.3 Å². The van der Waals surface area contributed by atoms with Crippen LogP contribution in [0.5, 0.6) is 5.75 Å². The molecule has 0 spiro atoms. The van der Waals surface area contributed by atoms with Crippen molar-refractivity contribution in [3.8, 4) is 5.75 Å². The lowest BCUT2D eigenvalue weighted by Crippen LogP contribution is -2.34. The van der Waals surface area contributed by atoms with Crippen LogP contribution in [-0.2, 0) is 0 Å². The highest BCUT2D eigenvalue weighted by atomic mass is 16.5. The summed E-state index contributed by atoms with van der Waals surface area (Å²) in [5.74, 6) is 0.788. The Balaban J connectivity index is 2.21. The standard InChI is InChI=1S/C13H15NO3/c1-17-12-6-2-4-10(8-12)11-5-3-7-14(9-11)13(15)16/h2,4-6,8H,3,7,9H2,1H3,(H,15,16). The molecule has 0 radical (unpaired) electrons. The van der Waals surface area contributed by atoms with Crippen molar-refractivity contribution in [2.75, 3.05) is 20.2 Å². The van der Waals surface area contributed by atoms with E-state index in [2.05, 4.69) is 6.08 Å².